The first-order chi connectivity index (χ1) is 8.86. The number of benzene rings is 1. The number of carbonyl (C=O) groups excluding carboxylic acids is 1. The van der Waals surface area contributed by atoms with Crippen LogP contribution in [0, 0.1) is 6.92 Å². The summed E-state index contributed by atoms with van der Waals surface area (Å²) in [5, 5.41) is 5.46. The van der Waals surface area contributed by atoms with Crippen LogP contribution in [0.4, 0.5) is 5.69 Å². The Morgan fingerprint density at radius 3 is 2.53 bits per heavy atom. The van der Waals surface area contributed by atoms with Crippen LogP contribution < -0.4 is 15.4 Å². The molecule has 0 atom stereocenters. The van der Waals surface area contributed by atoms with Gasteiger partial charge in [-0.3, -0.25) is 4.79 Å². The molecule has 0 unspecified atom stereocenters. The third-order valence-electron chi connectivity index (χ3n) is 2.50. The molecule has 7 heteroatoms. The highest BCUT2D eigenvalue weighted by molar-refractivity contribution is 7.89. The van der Waals surface area contributed by atoms with Crippen LogP contribution in [0.15, 0.2) is 23.1 Å². The van der Waals surface area contributed by atoms with Crippen molar-refractivity contribution in [3.8, 4) is 0 Å². The van der Waals surface area contributed by atoms with Crippen LogP contribution in [0.2, 0.25) is 0 Å². The van der Waals surface area contributed by atoms with Gasteiger partial charge >= 0.3 is 0 Å². The predicted molar refractivity (Wildman–Crippen MR) is 74.6 cm³/mol. The minimum atomic E-state index is -3.55. The van der Waals surface area contributed by atoms with Crippen LogP contribution in [-0.4, -0.2) is 34.5 Å². The zero-order chi connectivity index (χ0) is 14.5. The van der Waals surface area contributed by atoms with Crippen molar-refractivity contribution < 1.29 is 13.2 Å². The van der Waals surface area contributed by atoms with E-state index in [9.17, 15) is 13.2 Å². The number of nitrogens with one attached hydrogen (secondary N) is 3. The van der Waals surface area contributed by atoms with E-state index in [0.717, 1.165) is 5.56 Å². The van der Waals surface area contributed by atoms with Gasteiger partial charge in [-0.2, -0.15) is 0 Å². The summed E-state index contributed by atoms with van der Waals surface area (Å²) in [6.45, 7) is 4.04. The summed E-state index contributed by atoms with van der Waals surface area (Å²) in [5.74, 6) is -0.235. The van der Waals surface area contributed by atoms with Crippen molar-refractivity contribution in [3.05, 3.63) is 23.8 Å². The van der Waals surface area contributed by atoms with Gasteiger partial charge in [-0.25, -0.2) is 13.1 Å². The number of anilines is 1. The fourth-order valence-corrected chi connectivity index (χ4v) is 2.54. The Labute approximate surface area is 113 Å². The van der Waals surface area contributed by atoms with Gasteiger partial charge in [0.25, 0.3) is 0 Å². The third-order valence-corrected chi connectivity index (χ3v) is 3.96. The molecule has 0 aliphatic heterocycles. The normalized spacial score (nSPS) is 11.3. The number of sulfonamides is 1. The molecule has 0 spiro atoms. The van der Waals surface area contributed by atoms with Crippen molar-refractivity contribution in [2.45, 2.75) is 18.7 Å². The van der Waals surface area contributed by atoms with Gasteiger partial charge in [0.05, 0.1) is 4.90 Å². The lowest BCUT2D eigenvalue weighted by Gasteiger charge is -2.10. The van der Waals surface area contributed by atoms with Crippen LogP contribution in [0.3, 0.4) is 0 Å². The fraction of sp³-hybridized carbons (Fsp3) is 0.417. The molecule has 0 aliphatic carbocycles. The zero-order valence-electron chi connectivity index (χ0n) is 11.3. The van der Waals surface area contributed by atoms with Crippen molar-refractivity contribution in [2.24, 2.45) is 0 Å². The molecule has 1 rings (SSSR count). The van der Waals surface area contributed by atoms with E-state index in [-0.39, 0.29) is 10.8 Å². The van der Waals surface area contributed by atoms with E-state index < -0.39 is 10.0 Å². The van der Waals surface area contributed by atoms with Gasteiger partial charge in [0.1, 0.15) is 0 Å². The summed E-state index contributed by atoms with van der Waals surface area (Å²) < 4.78 is 26.5. The number of hydrogen-bond donors (Lipinski definition) is 3. The first-order valence-corrected chi connectivity index (χ1v) is 7.37. The third kappa shape index (κ3) is 4.62. The second kappa shape index (κ2) is 6.65. The molecule has 19 heavy (non-hydrogen) atoms. The number of carbonyl (C=O) groups is 1. The van der Waals surface area contributed by atoms with E-state index in [0.29, 0.717) is 18.8 Å². The van der Waals surface area contributed by atoms with Gasteiger partial charge in [0.2, 0.25) is 15.9 Å². The fourth-order valence-electron chi connectivity index (χ4n) is 1.49. The molecule has 0 radical (unpaired) electrons. The maximum Gasteiger partial charge on any atom is 0.240 e. The summed E-state index contributed by atoms with van der Waals surface area (Å²) in [5.41, 5.74) is 1.31. The lowest BCUT2D eigenvalue weighted by molar-refractivity contribution is -0.114. The molecule has 0 fully saturated rings. The molecule has 6 nitrogen and oxygen atoms in total. The molecule has 0 aromatic heterocycles. The van der Waals surface area contributed by atoms with E-state index in [1.807, 2.05) is 0 Å². The van der Waals surface area contributed by atoms with E-state index in [1.54, 1.807) is 20.0 Å². The second-order valence-corrected chi connectivity index (χ2v) is 5.93. The van der Waals surface area contributed by atoms with E-state index in [2.05, 4.69) is 15.4 Å². The monoisotopic (exact) mass is 285 g/mol. The smallest absolute Gasteiger partial charge is 0.240 e. The lowest BCUT2D eigenvalue weighted by atomic mass is 10.2. The van der Waals surface area contributed by atoms with Gasteiger partial charge in [-0.05, 0) is 31.7 Å². The van der Waals surface area contributed by atoms with Crippen molar-refractivity contribution in [1.29, 1.82) is 0 Å². The van der Waals surface area contributed by atoms with Crippen LogP contribution in [0.25, 0.3) is 0 Å². The lowest BCUT2D eigenvalue weighted by Crippen LogP contribution is -2.30. The molecule has 0 heterocycles. The van der Waals surface area contributed by atoms with E-state index in [4.69, 9.17) is 0 Å². The van der Waals surface area contributed by atoms with Gasteiger partial charge < -0.3 is 10.6 Å². The van der Waals surface area contributed by atoms with Gasteiger partial charge in [0, 0.05) is 25.7 Å². The van der Waals surface area contributed by atoms with Crippen molar-refractivity contribution in [1.82, 2.24) is 10.0 Å². The first-order valence-electron chi connectivity index (χ1n) is 5.89. The predicted octanol–water partition coefficient (Wildman–Crippen LogP) is 0.451. The number of hydrogen-bond acceptors (Lipinski definition) is 4. The highest BCUT2D eigenvalue weighted by atomic mass is 32.2. The number of likely N-dealkylation sites (N-methyl/N-ethyl adjacent to an activating group) is 1. The number of rotatable bonds is 6. The molecular weight excluding hydrogens is 266 g/mol. The Balaban J connectivity index is 2.97. The molecule has 1 aromatic carbocycles. The zero-order valence-corrected chi connectivity index (χ0v) is 12.1. The Morgan fingerprint density at radius 2 is 1.95 bits per heavy atom. The molecule has 0 bridgehead atoms. The molecule has 0 saturated carbocycles. The second-order valence-electron chi connectivity index (χ2n) is 4.16. The number of amides is 1. The summed E-state index contributed by atoms with van der Waals surface area (Å²) >= 11 is 0. The minimum absolute atomic E-state index is 0.137. The van der Waals surface area contributed by atoms with Crippen LogP contribution in [-0.2, 0) is 14.8 Å². The topological polar surface area (TPSA) is 87.3 Å². The van der Waals surface area contributed by atoms with Crippen molar-refractivity contribution >= 4 is 21.6 Å². The highest BCUT2D eigenvalue weighted by Gasteiger charge is 2.14. The highest BCUT2D eigenvalue weighted by Crippen LogP contribution is 2.20. The van der Waals surface area contributed by atoms with E-state index >= 15 is 0 Å². The molecule has 0 aliphatic rings. The largest absolute Gasteiger partial charge is 0.326 e. The molecule has 3 N–H and O–H groups in total. The van der Waals surface area contributed by atoms with Gasteiger partial charge in [0.15, 0.2) is 0 Å². The Hall–Kier alpha value is -1.44. The van der Waals surface area contributed by atoms with Gasteiger partial charge in [-0.15, -0.1) is 0 Å². The summed E-state index contributed by atoms with van der Waals surface area (Å²) in [6, 6.07) is 4.64. The maximum absolute atomic E-state index is 12.0. The Kier molecular flexibility index (Phi) is 5.46. The average molecular weight is 285 g/mol. The Bertz CT molecular complexity index is 555. The first kappa shape index (κ1) is 15.6. The summed E-state index contributed by atoms with van der Waals surface area (Å²) in [4.78, 5) is 11.2. The molecule has 106 valence electrons. The van der Waals surface area contributed by atoms with Gasteiger partial charge in [-0.1, -0.05) is 6.07 Å². The maximum atomic E-state index is 12.0. The average Bonchev–Trinajstić information content (AvgIpc) is 2.31. The van der Waals surface area contributed by atoms with Crippen molar-refractivity contribution in [2.75, 3.05) is 25.5 Å². The quantitative estimate of drug-likeness (QED) is 0.662. The standard InChI is InChI=1S/C12H19N3O3S/c1-9-4-5-11(8-12(9)15-10(2)16)19(17,18)14-7-6-13-3/h4-5,8,13-14H,6-7H2,1-3H3,(H,15,16). The van der Waals surface area contributed by atoms with E-state index in [1.165, 1.54) is 19.1 Å². The Morgan fingerprint density at radius 1 is 1.26 bits per heavy atom. The molecular formula is C12H19N3O3S. The molecule has 0 saturated heterocycles. The van der Waals surface area contributed by atoms with Crippen LogP contribution >= 0.6 is 0 Å². The summed E-state index contributed by atoms with van der Waals surface area (Å²) in [7, 11) is -1.80. The minimum Gasteiger partial charge on any atom is -0.326 e. The molecule has 1 amide bonds. The van der Waals surface area contributed by atoms with Crippen LogP contribution in [0.5, 0.6) is 0 Å². The van der Waals surface area contributed by atoms with Crippen molar-refractivity contribution in [3.63, 3.8) is 0 Å². The van der Waals surface area contributed by atoms with Crippen LogP contribution in [0.1, 0.15) is 12.5 Å². The SMILES string of the molecule is CNCCNS(=O)(=O)c1ccc(C)c(NC(C)=O)c1. The molecule has 1 aromatic rings. The number of aryl methyl sites for hydroxylation is 1. The summed E-state index contributed by atoms with van der Waals surface area (Å²) in [6.07, 6.45) is 0.